The molecule has 0 fully saturated rings. The molecule has 0 amide bonds. The SMILES string of the molecule is [Au+].[Au+].[C-]#Cc1c2cc3ccccc3cc2cc2cc3ccccc3cc12.[C-]#Cc1c2cc3ccccc3cc2cc2cc3ccccc3cc12.c1ccc([PH+](c2ccccc2)c2ccccc2[PH+](c2ccccc2)c2ccccc2)cc1. The summed E-state index contributed by atoms with van der Waals surface area (Å²) in [5.74, 6) is 5.38. The van der Waals surface area contributed by atoms with Gasteiger partial charge >= 0.3 is 44.8 Å². The summed E-state index contributed by atoms with van der Waals surface area (Å²) in [6.45, 7) is 0. The largest absolute Gasteiger partial charge is 1.00 e. The summed E-state index contributed by atoms with van der Waals surface area (Å²) >= 11 is 0. The maximum Gasteiger partial charge on any atom is 1.00 e. The Bertz CT molecular complexity index is 4280. The molecule has 0 radical (unpaired) electrons. The van der Waals surface area contributed by atoms with E-state index >= 15 is 0 Å². The standard InChI is InChI=1S/C30H24P2.2C24H13.2Au/c1-5-15-25(16-6-1)31(26-17-7-2-8-18-26)29-23-13-14-24-30(29)32(27-19-9-3-10-20-27)28-21-11-4-12-22-28;2*1-2-22-23-14-18-9-5-3-7-16(18)11-20(23)13-21-12-17-8-4-6-10-19(17)15-24(21)22;;/h1-24H;2*3-15H;;/q;2*-1;2*+1/p+2. The van der Waals surface area contributed by atoms with E-state index in [1.807, 2.05) is 0 Å². The van der Waals surface area contributed by atoms with Crippen LogP contribution < -0.4 is 31.8 Å². The molecule has 394 valence electrons. The van der Waals surface area contributed by atoms with Crippen molar-refractivity contribution in [2.45, 2.75) is 0 Å². The predicted molar refractivity (Wildman–Crippen MR) is 352 cm³/mol. The van der Waals surface area contributed by atoms with Gasteiger partial charge in [0, 0.05) is 0 Å². The van der Waals surface area contributed by atoms with E-state index in [2.05, 4.69) is 315 Å². The first kappa shape index (κ1) is 55.7. The first-order valence-electron chi connectivity index (χ1n) is 27.1. The Balaban J connectivity index is 0.000000129. The van der Waals surface area contributed by atoms with Gasteiger partial charge in [-0.15, -0.1) is 11.1 Å². The molecule has 15 aromatic carbocycles. The van der Waals surface area contributed by atoms with Crippen molar-refractivity contribution in [2.24, 2.45) is 0 Å². The van der Waals surface area contributed by atoms with Crippen molar-refractivity contribution >= 4 is 134 Å². The van der Waals surface area contributed by atoms with Gasteiger partial charge in [-0.3, -0.25) is 11.8 Å². The van der Waals surface area contributed by atoms with Gasteiger partial charge in [0.2, 0.25) is 0 Å². The van der Waals surface area contributed by atoms with Gasteiger partial charge in [-0.2, -0.15) is 0 Å². The van der Waals surface area contributed by atoms with E-state index in [4.69, 9.17) is 12.8 Å². The van der Waals surface area contributed by atoms with Crippen LogP contribution in [0, 0.1) is 24.7 Å². The fourth-order valence-electron chi connectivity index (χ4n) is 11.6. The average Bonchev–Trinajstić information content (AvgIpc) is 3.71. The molecule has 82 heavy (non-hydrogen) atoms. The average molecular weight is 1450 g/mol. The Morgan fingerprint density at radius 1 is 0.207 bits per heavy atom. The molecule has 0 aromatic heterocycles. The van der Waals surface area contributed by atoms with Gasteiger partial charge < -0.3 is 12.8 Å². The molecule has 0 aliphatic heterocycles. The maximum atomic E-state index is 7.87. The molecule has 0 spiro atoms. The molecule has 0 atom stereocenters. The monoisotopic (exact) mass is 1440 g/mol. The van der Waals surface area contributed by atoms with Gasteiger partial charge in [0.25, 0.3) is 0 Å². The van der Waals surface area contributed by atoms with Crippen molar-refractivity contribution in [3.63, 3.8) is 0 Å². The zero-order valence-electron chi connectivity index (χ0n) is 44.5. The van der Waals surface area contributed by atoms with Crippen LogP contribution >= 0.6 is 15.8 Å². The van der Waals surface area contributed by atoms with Crippen LogP contribution in [0.15, 0.2) is 303 Å². The molecule has 0 saturated heterocycles. The molecule has 0 heterocycles. The number of rotatable bonds is 6. The van der Waals surface area contributed by atoms with Gasteiger partial charge in [0.15, 0.2) is 0 Å². The van der Waals surface area contributed by atoms with Crippen LogP contribution in [-0.4, -0.2) is 0 Å². The second kappa shape index (κ2) is 25.3. The number of hydrogen-bond donors (Lipinski definition) is 0. The predicted octanol–water partition coefficient (Wildman–Crippen LogP) is 17.1. The van der Waals surface area contributed by atoms with E-state index in [9.17, 15) is 0 Å². The second-order valence-electron chi connectivity index (χ2n) is 20.2. The van der Waals surface area contributed by atoms with Crippen LogP contribution in [0.2, 0.25) is 0 Å². The van der Waals surface area contributed by atoms with E-state index in [-0.39, 0.29) is 44.8 Å². The number of benzene rings is 15. The third-order valence-corrected chi connectivity index (χ3v) is 21.2. The number of hydrogen-bond acceptors (Lipinski definition) is 0. The Morgan fingerprint density at radius 3 is 0.610 bits per heavy atom. The normalized spacial score (nSPS) is 10.9. The van der Waals surface area contributed by atoms with Gasteiger partial charge in [-0.05, 0) is 162 Å². The summed E-state index contributed by atoms with van der Waals surface area (Å²) < 4.78 is 0. The Labute approximate surface area is 513 Å². The molecule has 4 heteroatoms. The van der Waals surface area contributed by atoms with Crippen molar-refractivity contribution in [1.29, 1.82) is 0 Å². The first-order valence-corrected chi connectivity index (χ1v) is 30.1. The third-order valence-electron chi connectivity index (χ3n) is 15.3. The van der Waals surface area contributed by atoms with Crippen molar-refractivity contribution in [1.82, 2.24) is 0 Å². The van der Waals surface area contributed by atoms with Gasteiger partial charge in [-0.25, -0.2) is 0 Å². The van der Waals surface area contributed by atoms with Crippen molar-refractivity contribution in [3.05, 3.63) is 327 Å². The Hall–Kier alpha value is -8.16. The minimum absolute atomic E-state index is 0. The molecular formula is C78H52Au2P2+2. The van der Waals surface area contributed by atoms with Crippen LogP contribution in [0.3, 0.4) is 0 Å². The number of fused-ring (bicyclic) bond motifs is 8. The van der Waals surface area contributed by atoms with E-state index < -0.39 is 15.8 Å². The van der Waals surface area contributed by atoms with Gasteiger partial charge in [-0.1, -0.05) is 228 Å². The third kappa shape index (κ3) is 11.3. The molecule has 0 unspecified atom stereocenters. The smallest absolute Gasteiger partial charge is 0.366 e. The molecule has 15 aromatic rings. The van der Waals surface area contributed by atoms with Crippen molar-refractivity contribution < 1.29 is 44.8 Å². The van der Waals surface area contributed by atoms with E-state index in [1.54, 1.807) is 0 Å². The minimum Gasteiger partial charge on any atom is -0.366 e. The zero-order chi connectivity index (χ0) is 53.8. The summed E-state index contributed by atoms with van der Waals surface area (Å²) in [7, 11) is -2.28. The summed E-state index contributed by atoms with van der Waals surface area (Å²) in [5, 5.41) is 27.4. The molecule has 0 aliphatic rings. The van der Waals surface area contributed by atoms with E-state index in [0.29, 0.717) is 0 Å². The topological polar surface area (TPSA) is 0 Å². The van der Waals surface area contributed by atoms with Crippen LogP contribution in [-0.2, 0) is 44.8 Å². The minimum atomic E-state index is -1.14. The summed E-state index contributed by atoms with van der Waals surface area (Å²) in [5.41, 5.74) is 1.75. The van der Waals surface area contributed by atoms with E-state index in [1.165, 1.54) is 74.9 Å². The van der Waals surface area contributed by atoms with Crippen LogP contribution in [0.25, 0.3) is 86.2 Å². The zero-order valence-corrected chi connectivity index (χ0v) is 50.8. The maximum absolute atomic E-state index is 7.87. The van der Waals surface area contributed by atoms with Crippen LogP contribution in [0.1, 0.15) is 11.1 Å². The fourth-order valence-corrected chi connectivity index (χ4v) is 17.6. The molecular weight excluding hydrogens is 1390 g/mol. The van der Waals surface area contributed by atoms with Gasteiger partial charge in [0.05, 0.1) is 0 Å². The van der Waals surface area contributed by atoms with Crippen LogP contribution in [0.4, 0.5) is 0 Å². The van der Waals surface area contributed by atoms with E-state index in [0.717, 1.165) is 54.2 Å². The summed E-state index contributed by atoms with van der Waals surface area (Å²) in [4.78, 5) is 0. The molecule has 0 bridgehead atoms. The molecule has 0 nitrogen and oxygen atoms in total. The second-order valence-corrected chi connectivity index (χ2v) is 25.1. The molecule has 0 saturated carbocycles. The summed E-state index contributed by atoms with van der Waals surface area (Å²) in [6.07, 6.45) is 15.7. The molecule has 15 rings (SSSR count). The van der Waals surface area contributed by atoms with Gasteiger partial charge in [0.1, 0.15) is 47.7 Å². The fraction of sp³-hybridized carbons (Fsp3) is 0. The Morgan fingerprint density at radius 2 is 0.390 bits per heavy atom. The summed E-state index contributed by atoms with van der Waals surface area (Å²) in [6, 6.07) is 109. The first-order chi connectivity index (χ1) is 39.6. The Kier molecular flexibility index (Phi) is 17.2. The van der Waals surface area contributed by atoms with Crippen molar-refractivity contribution in [3.8, 4) is 11.8 Å². The molecule has 0 aliphatic carbocycles. The molecule has 0 N–H and O–H groups in total. The van der Waals surface area contributed by atoms with Crippen LogP contribution in [0.5, 0.6) is 0 Å². The van der Waals surface area contributed by atoms with Crippen molar-refractivity contribution in [2.75, 3.05) is 0 Å². The quantitative estimate of drug-likeness (QED) is 0.0512.